The Balaban J connectivity index is 1.81. The number of ketones is 1. The smallest absolute Gasteiger partial charge is 0.416 e. The molecule has 0 spiro atoms. The van der Waals surface area contributed by atoms with Gasteiger partial charge in [-0.05, 0) is 55.5 Å². The van der Waals surface area contributed by atoms with Gasteiger partial charge in [-0.3, -0.25) is 14.4 Å². The van der Waals surface area contributed by atoms with E-state index in [9.17, 15) is 31.9 Å². The summed E-state index contributed by atoms with van der Waals surface area (Å²) in [7, 11) is 0. The summed E-state index contributed by atoms with van der Waals surface area (Å²) in [6.07, 6.45) is -6.17. The lowest BCUT2D eigenvalue weighted by molar-refractivity contribution is -0.153. The monoisotopic (exact) mass is 411 g/mol. The molecule has 0 aliphatic rings. The van der Waals surface area contributed by atoms with Gasteiger partial charge in [0.05, 0.1) is 12.0 Å². The van der Waals surface area contributed by atoms with Crippen molar-refractivity contribution in [3.8, 4) is 0 Å². The van der Waals surface area contributed by atoms with Crippen LogP contribution in [0.15, 0.2) is 48.5 Å². The summed E-state index contributed by atoms with van der Waals surface area (Å²) >= 11 is 0. The number of esters is 1. The molecule has 2 aromatic carbocycles. The number of hydrogen-bond donors (Lipinski definition) is 1. The van der Waals surface area contributed by atoms with Crippen molar-refractivity contribution in [1.29, 1.82) is 0 Å². The van der Waals surface area contributed by atoms with Crippen molar-refractivity contribution >= 4 is 23.3 Å². The third kappa shape index (κ3) is 6.70. The lowest BCUT2D eigenvalue weighted by Crippen LogP contribution is -2.30. The summed E-state index contributed by atoms with van der Waals surface area (Å²) in [5.41, 5.74) is -0.509. The van der Waals surface area contributed by atoms with Gasteiger partial charge in [-0.15, -0.1) is 0 Å². The summed E-state index contributed by atoms with van der Waals surface area (Å²) in [4.78, 5) is 35.8. The molecule has 0 aliphatic carbocycles. The number of benzene rings is 2. The predicted molar refractivity (Wildman–Crippen MR) is 95.6 cm³/mol. The van der Waals surface area contributed by atoms with E-state index in [-0.39, 0.29) is 29.9 Å². The minimum Gasteiger partial charge on any atom is -0.453 e. The standard InChI is InChI=1S/C20H17F4NO4/c1-12(19(28)25-16-8-4-14(5-9-16)20(22,23)24)29-18(27)11-10-17(26)13-2-6-15(21)7-3-13/h2-9,12H,10-11H2,1H3,(H,25,28)/t12-/m0/s1. The van der Waals surface area contributed by atoms with E-state index in [1.165, 1.54) is 19.1 Å². The molecule has 0 radical (unpaired) electrons. The lowest BCUT2D eigenvalue weighted by Gasteiger charge is -2.14. The molecule has 1 amide bonds. The van der Waals surface area contributed by atoms with Crippen LogP contribution in [0, 0.1) is 5.82 Å². The summed E-state index contributed by atoms with van der Waals surface area (Å²) in [5, 5.41) is 2.34. The maximum Gasteiger partial charge on any atom is 0.416 e. The van der Waals surface area contributed by atoms with Crippen LogP contribution in [-0.4, -0.2) is 23.8 Å². The molecule has 0 saturated heterocycles. The maximum atomic E-state index is 12.8. The van der Waals surface area contributed by atoms with Crippen LogP contribution in [0.2, 0.25) is 0 Å². The molecular formula is C20H17F4NO4. The number of Topliss-reactive ketones (excluding diaryl/α,β-unsaturated/α-hetero) is 1. The SMILES string of the molecule is C[C@H](OC(=O)CCC(=O)c1ccc(F)cc1)C(=O)Nc1ccc(C(F)(F)F)cc1. The van der Waals surface area contributed by atoms with Crippen LogP contribution in [0.1, 0.15) is 35.7 Å². The van der Waals surface area contributed by atoms with Gasteiger partial charge in [-0.2, -0.15) is 13.2 Å². The number of carbonyl (C=O) groups is 3. The van der Waals surface area contributed by atoms with Crippen LogP contribution < -0.4 is 5.32 Å². The first-order valence-electron chi connectivity index (χ1n) is 8.52. The van der Waals surface area contributed by atoms with E-state index < -0.39 is 35.5 Å². The summed E-state index contributed by atoms with van der Waals surface area (Å²) < 4.78 is 55.3. The van der Waals surface area contributed by atoms with Gasteiger partial charge in [0, 0.05) is 17.7 Å². The number of carbonyl (C=O) groups excluding carboxylic acids is 3. The maximum absolute atomic E-state index is 12.8. The Morgan fingerprint density at radius 3 is 2.10 bits per heavy atom. The quantitative estimate of drug-likeness (QED) is 0.417. The molecule has 2 aromatic rings. The number of nitrogens with one attached hydrogen (secondary N) is 1. The van der Waals surface area contributed by atoms with Crippen LogP contribution >= 0.6 is 0 Å². The average molecular weight is 411 g/mol. The molecule has 154 valence electrons. The second kappa shape index (κ2) is 9.31. The first-order chi connectivity index (χ1) is 13.6. The van der Waals surface area contributed by atoms with E-state index >= 15 is 0 Å². The fraction of sp³-hybridized carbons (Fsp3) is 0.250. The highest BCUT2D eigenvalue weighted by atomic mass is 19.4. The van der Waals surface area contributed by atoms with Gasteiger partial charge in [0.15, 0.2) is 11.9 Å². The molecule has 0 aliphatic heterocycles. The van der Waals surface area contributed by atoms with E-state index in [0.29, 0.717) is 0 Å². The van der Waals surface area contributed by atoms with Crippen LogP contribution in [0.5, 0.6) is 0 Å². The van der Waals surface area contributed by atoms with Crippen molar-refractivity contribution in [2.45, 2.75) is 32.0 Å². The van der Waals surface area contributed by atoms with Crippen LogP contribution in [0.25, 0.3) is 0 Å². The van der Waals surface area contributed by atoms with E-state index in [1.807, 2.05) is 0 Å². The van der Waals surface area contributed by atoms with Gasteiger partial charge in [-0.25, -0.2) is 4.39 Å². The highest BCUT2D eigenvalue weighted by Crippen LogP contribution is 2.29. The largest absolute Gasteiger partial charge is 0.453 e. The molecule has 2 rings (SSSR count). The van der Waals surface area contributed by atoms with Gasteiger partial charge < -0.3 is 10.1 Å². The fourth-order valence-corrected chi connectivity index (χ4v) is 2.29. The van der Waals surface area contributed by atoms with E-state index in [0.717, 1.165) is 36.4 Å². The zero-order valence-electron chi connectivity index (χ0n) is 15.3. The third-order valence-electron chi connectivity index (χ3n) is 3.88. The number of rotatable bonds is 7. The third-order valence-corrected chi connectivity index (χ3v) is 3.88. The zero-order valence-corrected chi connectivity index (χ0v) is 15.3. The Bertz CT molecular complexity index is 877. The molecule has 29 heavy (non-hydrogen) atoms. The van der Waals surface area contributed by atoms with Crippen LogP contribution in [-0.2, 0) is 20.5 Å². The first-order valence-corrected chi connectivity index (χ1v) is 8.52. The average Bonchev–Trinajstić information content (AvgIpc) is 2.66. The molecule has 0 aromatic heterocycles. The number of amides is 1. The van der Waals surface area contributed by atoms with Crippen molar-refractivity contribution in [3.05, 3.63) is 65.5 Å². The molecule has 1 atom stereocenters. The van der Waals surface area contributed by atoms with E-state index in [4.69, 9.17) is 4.74 Å². The normalized spacial score (nSPS) is 12.2. The second-order valence-corrected chi connectivity index (χ2v) is 6.13. The van der Waals surface area contributed by atoms with Crippen molar-refractivity contribution in [2.75, 3.05) is 5.32 Å². The number of halogens is 4. The van der Waals surface area contributed by atoms with Crippen molar-refractivity contribution in [1.82, 2.24) is 0 Å². The molecule has 0 heterocycles. The number of hydrogen-bond acceptors (Lipinski definition) is 4. The highest BCUT2D eigenvalue weighted by Gasteiger charge is 2.30. The first kappa shape index (κ1) is 22.1. The van der Waals surface area contributed by atoms with Gasteiger partial charge in [-0.1, -0.05) is 0 Å². The van der Waals surface area contributed by atoms with Crippen molar-refractivity contribution in [2.24, 2.45) is 0 Å². The predicted octanol–water partition coefficient (Wildman–Crippen LogP) is 4.38. The molecule has 1 N–H and O–H groups in total. The zero-order chi connectivity index (χ0) is 21.6. The minimum absolute atomic E-state index is 0.109. The molecular weight excluding hydrogens is 394 g/mol. The fourth-order valence-electron chi connectivity index (χ4n) is 2.29. The van der Waals surface area contributed by atoms with Crippen LogP contribution in [0.4, 0.5) is 23.2 Å². The second-order valence-electron chi connectivity index (χ2n) is 6.13. The minimum atomic E-state index is -4.49. The van der Waals surface area contributed by atoms with Crippen molar-refractivity contribution in [3.63, 3.8) is 0 Å². The van der Waals surface area contributed by atoms with Gasteiger partial charge in [0.2, 0.25) is 0 Å². The molecule has 9 heteroatoms. The number of ether oxygens (including phenoxy) is 1. The topological polar surface area (TPSA) is 72.5 Å². The molecule has 0 saturated carbocycles. The molecule has 0 unspecified atom stereocenters. The van der Waals surface area contributed by atoms with Crippen LogP contribution in [0.3, 0.4) is 0 Å². The Kier molecular flexibility index (Phi) is 7.08. The Labute approximate surface area is 163 Å². The van der Waals surface area contributed by atoms with Gasteiger partial charge in [0.1, 0.15) is 5.82 Å². The van der Waals surface area contributed by atoms with E-state index in [1.54, 1.807) is 0 Å². The van der Waals surface area contributed by atoms with Gasteiger partial charge in [0.25, 0.3) is 5.91 Å². The Morgan fingerprint density at radius 2 is 1.55 bits per heavy atom. The molecule has 0 bridgehead atoms. The van der Waals surface area contributed by atoms with Crippen molar-refractivity contribution < 1.29 is 36.7 Å². The molecule has 5 nitrogen and oxygen atoms in total. The lowest BCUT2D eigenvalue weighted by atomic mass is 10.1. The Hall–Kier alpha value is -3.23. The Morgan fingerprint density at radius 1 is 0.966 bits per heavy atom. The summed E-state index contributed by atoms with van der Waals surface area (Å²) in [6, 6.07) is 8.62. The van der Waals surface area contributed by atoms with Gasteiger partial charge >= 0.3 is 12.1 Å². The highest BCUT2D eigenvalue weighted by molar-refractivity contribution is 5.98. The molecule has 0 fully saturated rings. The summed E-state index contributed by atoms with van der Waals surface area (Å²) in [6.45, 7) is 1.29. The van der Waals surface area contributed by atoms with E-state index in [2.05, 4.69) is 5.32 Å². The number of alkyl halides is 3. The summed E-state index contributed by atoms with van der Waals surface area (Å²) in [5.74, 6) is -2.41. The number of anilines is 1.